The zero-order valence-electron chi connectivity index (χ0n) is 19.3. The number of benzene rings is 1. The molecule has 1 saturated heterocycles. The number of fused-ring (bicyclic) bond motifs is 1. The summed E-state index contributed by atoms with van der Waals surface area (Å²) in [5.41, 5.74) is 1.17. The standard InChI is InChI=1S/C23H35N7O.HI/c1-24-23(25-13-8-12-22-27-26-21-11-4-3-7-14-30(21)22)29-17-15-28(16-18-29)19-9-5-6-10-20(19)31-2;/h5-6,9-10H,3-4,7-8,11-18H2,1-2H3,(H,24,25);1H. The molecule has 0 spiro atoms. The van der Waals surface area contributed by atoms with Crippen LogP contribution in [0.1, 0.15) is 37.3 Å². The predicted molar refractivity (Wildman–Crippen MR) is 139 cm³/mol. The quantitative estimate of drug-likeness (QED) is 0.257. The van der Waals surface area contributed by atoms with Gasteiger partial charge in [-0.3, -0.25) is 4.99 Å². The molecule has 32 heavy (non-hydrogen) atoms. The van der Waals surface area contributed by atoms with Crippen molar-refractivity contribution in [3.8, 4) is 5.75 Å². The van der Waals surface area contributed by atoms with E-state index in [-0.39, 0.29) is 24.0 Å². The van der Waals surface area contributed by atoms with Crippen LogP contribution in [0.15, 0.2) is 29.3 Å². The van der Waals surface area contributed by atoms with E-state index in [0.29, 0.717) is 0 Å². The monoisotopic (exact) mass is 553 g/mol. The van der Waals surface area contributed by atoms with Gasteiger partial charge in [0.1, 0.15) is 17.4 Å². The van der Waals surface area contributed by atoms with Crippen molar-refractivity contribution in [1.82, 2.24) is 25.0 Å². The summed E-state index contributed by atoms with van der Waals surface area (Å²) in [7, 11) is 3.60. The van der Waals surface area contributed by atoms with Crippen molar-refractivity contribution < 1.29 is 4.74 Å². The molecule has 2 aliphatic heterocycles. The first-order valence-corrected chi connectivity index (χ1v) is 11.5. The Balaban J connectivity index is 0.00000289. The van der Waals surface area contributed by atoms with Crippen LogP contribution in [0, 0.1) is 0 Å². The van der Waals surface area contributed by atoms with E-state index >= 15 is 0 Å². The van der Waals surface area contributed by atoms with Crippen molar-refractivity contribution in [1.29, 1.82) is 0 Å². The molecule has 2 aromatic rings. The SMILES string of the molecule is CN=C(NCCCc1nnc2n1CCCCC2)N1CCN(c2ccccc2OC)CC1.I. The molecule has 1 aromatic heterocycles. The molecule has 0 amide bonds. The van der Waals surface area contributed by atoms with E-state index < -0.39 is 0 Å². The van der Waals surface area contributed by atoms with Gasteiger partial charge < -0.3 is 24.4 Å². The molecule has 0 bridgehead atoms. The smallest absolute Gasteiger partial charge is 0.193 e. The third-order valence-electron chi connectivity index (χ3n) is 6.26. The lowest BCUT2D eigenvalue weighted by atomic mass is 10.2. The Morgan fingerprint density at radius 3 is 2.66 bits per heavy atom. The van der Waals surface area contributed by atoms with Crippen LogP contribution in [0.3, 0.4) is 0 Å². The van der Waals surface area contributed by atoms with Crippen molar-refractivity contribution in [3.63, 3.8) is 0 Å². The van der Waals surface area contributed by atoms with Gasteiger partial charge in [-0.1, -0.05) is 18.6 Å². The summed E-state index contributed by atoms with van der Waals surface area (Å²) in [5.74, 6) is 4.23. The van der Waals surface area contributed by atoms with E-state index in [0.717, 1.165) is 76.1 Å². The lowest BCUT2D eigenvalue weighted by molar-refractivity contribution is 0.367. The molecule has 0 radical (unpaired) electrons. The van der Waals surface area contributed by atoms with E-state index in [2.05, 4.69) is 47.0 Å². The number of hydrogen-bond acceptors (Lipinski definition) is 5. The van der Waals surface area contributed by atoms with Crippen LogP contribution in [-0.4, -0.2) is 72.5 Å². The second-order valence-corrected chi connectivity index (χ2v) is 8.22. The summed E-state index contributed by atoms with van der Waals surface area (Å²) < 4.78 is 7.88. The summed E-state index contributed by atoms with van der Waals surface area (Å²) in [5, 5.41) is 12.4. The first-order valence-electron chi connectivity index (χ1n) is 11.5. The molecule has 8 nitrogen and oxygen atoms in total. The number of rotatable bonds is 6. The number of para-hydroxylation sites is 2. The highest BCUT2D eigenvalue weighted by molar-refractivity contribution is 14.0. The Morgan fingerprint density at radius 2 is 1.88 bits per heavy atom. The van der Waals surface area contributed by atoms with Crippen molar-refractivity contribution in [2.24, 2.45) is 4.99 Å². The summed E-state index contributed by atoms with van der Waals surface area (Å²) in [6.45, 7) is 5.75. The molecule has 4 rings (SSSR count). The summed E-state index contributed by atoms with van der Waals surface area (Å²) in [6, 6.07) is 8.24. The number of methoxy groups -OCH3 is 1. The summed E-state index contributed by atoms with van der Waals surface area (Å²) in [6.07, 6.45) is 6.82. The highest BCUT2D eigenvalue weighted by Gasteiger charge is 2.21. The van der Waals surface area contributed by atoms with Gasteiger partial charge in [-0.25, -0.2) is 0 Å². The lowest BCUT2D eigenvalue weighted by Gasteiger charge is -2.38. The average Bonchev–Trinajstić information content (AvgIpc) is 3.05. The van der Waals surface area contributed by atoms with Gasteiger partial charge in [0.2, 0.25) is 0 Å². The second-order valence-electron chi connectivity index (χ2n) is 8.22. The fraction of sp³-hybridized carbons (Fsp3) is 0.609. The Kier molecular flexibility index (Phi) is 9.43. The first-order chi connectivity index (χ1) is 15.3. The van der Waals surface area contributed by atoms with Gasteiger partial charge in [0.15, 0.2) is 5.96 Å². The zero-order chi connectivity index (χ0) is 21.5. The number of aromatic nitrogens is 3. The van der Waals surface area contributed by atoms with Crippen molar-refractivity contribution in [3.05, 3.63) is 35.9 Å². The van der Waals surface area contributed by atoms with E-state index in [1.807, 2.05) is 19.2 Å². The van der Waals surface area contributed by atoms with Crippen molar-refractivity contribution >= 4 is 35.6 Å². The molecule has 176 valence electrons. The molecular weight excluding hydrogens is 517 g/mol. The van der Waals surface area contributed by atoms with E-state index in [4.69, 9.17) is 4.74 Å². The molecule has 0 atom stereocenters. The molecule has 2 aliphatic rings. The van der Waals surface area contributed by atoms with Crippen LogP contribution in [0.25, 0.3) is 0 Å². The summed E-state index contributed by atoms with van der Waals surface area (Å²) >= 11 is 0. The van der Waals surface area contributed by atoms with Gasteiger partial charge in [0.25, 0.3) is 0 Å². The molecule has 0 unspecified atom stereocenters. The average molecular weight is 553 g/mol. The highest BCUT2D eigenvalue weighted by atomic mass is 127. The Hall–Kier alpha value is -2.04. The maximum Gasteiger partial charge on any atom is 0.193 e. The number of anilines is 1. The molecule has 0 aliphatic carbocycles. The minimum absolute atomic E-state index is 0. The highest BCUT2D eigenvalue weighted by Crippen LogP contribution is 2.28. The molecule has 0 saturated carbocycles. The van der Waals surface area contributed by atoms with Crippen LogP contribution in [0.5, 0.6) is 5.75 Å². The molecule has 1 N–H and O–H groups in total. The number of halogens is 1. The van der Waals surface area contributed by atoms with Crippen molar-refractivity contribution in [2.45, 2.75) is 45.1 Å². The fourth-order valence-corrected chi connectivity index (χ4v) is 4.56. The van der Waals surface area contributed by atoms with Crippen LogP contribution < -0.4 is 15.0 Å². The van der Waals surface area contributed by atoms with Crippen LogP contribution in [-0.2, 0) is 19.4 Å². The molecular formula is C23H36IN7O. The van der Waals surface area contributed by atoms with Crippen LogP contribution in [0.4, 0.5) is 5.69 Å². The maximum atomic E-state index is 5.53. The number of ether oxygens (including phenoxy) is 1. The van der Waals surface area contributed by atoms with Crippen LogP contribution >= 0.6 is 24.0 Å². The number of hydrogen-bond donors (Lipinski definition) is 1. The van der Waals surface area contributed by atoms with Crippen LogP contribution in [0.2, 0.25) is 0 Å². The number of nitrogens with one attached hydrogen (secondary N) is 1. The number of piperazine rings is 1. The Labute approximate surface area is 208 Å². The van der Waals surface area contributed by atoms with Gasteiger partial charge in [0.05, 0.1) is 12.8 Å². The number of nitrogens with zero attached hydrogens (tertiary/aromatic N) is 6. The molecule has 3 heterocycles. The van der Waals surface area contributed by atoms with Crippen molar-refractivity contribution in [2.75, 3.05) is 51.8 Å². The fourth-order valence-electron chi connectivity index (χ4n) is 4.56. The maximum absolute atomic E-state index is 5.53. The van der Waals surface area contributed by atoms with Gasteiger partial charge in [-0.2, -0.15) is 0 Å². The first kappa shape index (κ1) is 24.6. The third kappa shape index (κ3) is 5.85. The predicted octanol–water partition coefficient (Wildman–Crippen LogP) is 2.96. The minimum atomic E-state index is 0. The van der Waals surface area contributed by atoms with E-state index in [9.17, 15) is 0 Å². The van der Waals surface area contributed by atoms with E-state index in [1.54, 1.807) is 7.11 Å². The van der Waals surface area contributed by atoms with Gasteiger partial charge in [0, 0.05) is 59.2 Å². The summed E-state index contributed by atoms with van der Waals surface area (Å²) in [4.78, 5) is 9.25. The molecule has 1 aromatic carbocycles. The number of guanidine groups is 1. The minimum Gasteiger partial charge on any atom is -0.495 e. The molecule has 1 fully saturated rings. The number of aliphatic imine (C=N–C) groups is 1. The largest absolute Gasteiger partial charge is 0.495 e. The third-order valence-corrected chi connectivity index (χ3v) is 6.26. The van der Waals surface area contributed by atoms with Gasteiger partial charge in [-0.15, -0.1) is 34.2 Å². The number of aryl methyl sites for hydroxylation is 2. The Morgan fingerprint density at radius 1 is 1.06 bits per heavy atom. The second kappa shape index (κ2) is 12.3. The lowest BCUT2D eigenvalue weighted by Crippen LogP contribution is -2.52. The normalized spacial score (nSPS) is 16.8. The Bertz CT molecular complexity index is 877. The van der Waals surface area contributed by atoms with Gasteiger partial charge >= 0.3 is 0 Å². The zero-order valence-corrected chi connectivity index (χ0v) is 21.6. The van der Waals surface area contributed by atoms with E-state index in [1.165, 1.54) is 30.8 Å². The van der Waals surface area contributed by atoms with Gasteiger partial charge in [-0.05, 0) is 31.4 Å². The molecule has 9 heteroatoms. The topological polar surface area (TPSA) is 70.8 Å².